The van der Waals surface area contributed by atoms with E-state index in [1.165, 1.54) is 17.9 Å². The highest BCUT2D eigenvalue weighted by molar-refractivity contribution is 6.30. The predicted molar refractivity (Wildman–Crippen MR) is 127 cm³/mol. The van der Waals surface area contributed by atoms with Crippen molar-refractivity contribution in [3.8, 4) is 5.75 Å². The molecule has 8 heteroatoms. The molecule has 0 bridgehead atoms. The fraction of sp³-hybridized carbons (Fsp3) is 0.120. The van der Waals surface area contributed by atoms with Crippen LogP contribution in [0.25, 0.3) is 11.0 Å². The molecule has 166 valence electrons. The molecule has 2 heterocycles. The first-order valence-electron chi connectivity index (χ1n) is 10.1. The number of ether oxygens (including phenoxy) is 1. The van der Waals surface area contributed by atoms with Gasteiger partial charge in [0.1, 0.15) is 17.9 Å². The summed E-state index contributed by atoms with van der Waals surface area (Å²) in [4.78, 5) is 43.5. The molecule has 0 aliphatic carbocycles. The smallest absolute Gasteiger partial charge is 0.244 e. The van der Waals surface area contributed by atoms with E-state index in [-0.39, 0.29) is 23.4 Å². The Morgan fingerprint density at radius 1 is 1.09 bits per heavy atom. The predicted octanol–water partition coefficient (Wildman–Crippen LogP) is 4.24. The number of nitrogens with zero attached hydrogens (tertiary/aromatic N) is 2. The number of methoxy groups -OCH3 is 1. The molecule has 1 N–H and O–H groups in total. The highest BCUT2D eigenvalue weighted by atomic mass is 35.5. The Hall–Kier alpha value is -3.97. The van der Waals surface area contributed by atoms with Gasteiger partial charge in [0, 0.05) is 28.2 Å². The van der Waals surface area contributed by atoms with E-state index in [2.05, 4.69) is 10.3 Å². The van der Waals surface area contributed by atoms with Crippen molar-refractivity contribution < 1.29 is 14.3 Å². The number of halogens is 1. The summed E-state index contributed by atoms with van der Waals surface area (Å²) < 4.78 is 6.64. The van der Waals surface area contributed by atoms with Crippen LogP contribution in [0, 0.1) is 6.92 Å². The van der Waals surface area contributed by atoms with Gasteiger partial charge < -0.3 is 14.6 Å². The lowest BCUT2D eigenvalue weighted by atomic mass is 10.0. The summed E-state index contributed by atoms with van der Waals surface area (Å²) in [7, 11) is 1.53. The maximum absolute atomic E-state index is 13.2. The van der Waals surface area contributed by atoms with Crippen molar-refractivity contribution in [2.75, 3.05) is 12.4 Å². The van der Waals surface area contributed by atoms with Crippen LogP contribution in [0.3, 0.4) is 0 Å². The molecule has 2 aromatic carbocycles. The number of hydrogen-bond donors (Lipinski definition) is 1. The molecule has 4 aromatic rings. The number of benzene rings is 2. The van der Waals surface area contributed by atoms with Gasteiger partial charge in [-0.1, -0.05) is 17.7 Å². The van der Waals surface area contributed by atoms with Crippen LogP contribution in [0.15, 0.2) is 71.7 Å². The van der Waals surface area contributed by atoms with Gasteiger partial charge in [0.05, 0.1) is 18.1 Å². The Labute approximate surface area is 194 Å². The van der Waals surface area contributed by atoms with Crippen molar-refractivity contribution in [3.05, 3.63) is 98.9 Å². The molecule has 0 saturated carbocycles. The SMILES string of the molecule is COc1ccc(C(=O)c2cn(CC(=O)Nc3cccc(Cl)c3)c3nc(C)ccc3c2=O)cc1. The molecular formula is C25H20ClN3O4. The number of carbonyl (C=O) groups excluding carboxylic acids is 2. The molecule has 0 fully saturated rings. The van der Waals surface area contributed by atoms with Gasteiger partial charge in [-0.05, 0) is 61.5 Å². The molecule has 0 spiro atoms. The summed E-state index contributed by atoms with van der Waals surface area (Å²) in [5.41, 5.74) is 1.39. The monoisotopic (exact) mass is 461 g/mol. The lowest BCUT2D eigenvalue weighted by Crippen LogP contribution is -2.25. The van der Waals surface area contributed by atoms with E-state index >= 15 is 0 Å². The van der Waals surface area contributed by atoms with E-state index in [9.17, 15) is 14.4 Å². The number of pyridine rings is 2. The van der Waals surface area contributed by atoms with Gasteiger partial charge in [-0.3, -0.25) is 14.4 Å². The maximum Gasteiger partial charge on any atom is 0.244 e. The Morgan fingerprint density at radius 2 is 1.85 bits per heavy atom. The molecule has 0 saturated heterocycles. The highest BCUT2D eigenvalue weighted by Gasteiger charge is 2.19. The number of carbonyl (C=O) groups is 2. The van der Waals surface area contributed by atoms with Crippen LogP contribution in [0.1, 0.15) is 21.6 Å². The van der Waals surface area contributed by atoms with Crippen LogP contribution >= 0.6 is 11.6 Å². The zero-order valence-electron chi connectivity index (χ0n) is 18.0. The Balaban J connectivity index is 1.75. The highest BCUT2D eigenvalue weighted by Crippen LogP contribution is 2.18. The second kappa shape index (κ2) is 9.26. The van der Waals surface area contributed by atoms with E-state index in [1.807, 2.05) is 0 Å². The lowest BCUT2D eigenvalue weighted by molar-refractivity contribution is -0.116. The number of amides is 1. The van der Waals surface area contributed by atoms with Gasteiger partial charge in [-0.25, -0.2) is 4.98 Å². The summed E-state index contributed by atoms with van der Waals surface area (Å²) >= 11 is 5.99. The van der Waals surface area contributed by atoms with Crippen LogP contribution in [0.2, 0.25) is 5.02 Å². The third-order valence-electron chi connectivity index (χ3n) is 5.08. The second-order valence-corrected chi connectivity index (χ2v) is 7.88. The van der Waals surface area contributed by atoms with Crippen LogP contribution in [0.4, 0.5) is 5.69 Å². The lowest BCUT2D eigenvalue weighted by Gasteiger charge is -2.13. The van der Waals surface area contributed by atoms with Gasteiger partial charge in [0.2, 0.25) is 11.3 Å². The summed E-state index contributed by atoms with van der Waals surface area (Å²) in [6, 6.07) is 16.6. The van der Waals surface area contributed by atoms with Crippen molar-refractivity contribution in [1.29, 1.82) is 0 Å². The minimum atomic E-state index is -0.450. The molecule has 0 atom stereocenters. The van der Waals surface area contributed by atoms with Crippen LogP contribution in [-0.2, 0) is 11.3 Å². The van der Waals surface area contributed by atoms with E-state index < -0.39 is 11.2 Å². The van der Waals surface area contributed by atoms with Gasteiger partial charge >= 0.3 is 0 Å². The molecule has 33 heavy (non-hydrogen) atoms. The third-order valence-corrected chi connectivity index (χ3v) is 5.31. The Morgan fingerprint density at radius 3 is 2.55 bits per heavy atom. The number of rotatable bonds is 6. The number of ketones is 1. The largest absolute Gasteiger partial charge is 0.497 e. The van der Waals surface area contributed by atoms with Crippen molar-refractivity contribution in [2.45, 2.75) is 13.5 Å². The summed E-state index contributed by atoms with van der Waals surface area (Å²) in [5, 5.41) is 3.52. The Kier molecular flexibility index (Phi) is 6.24. The maximum atomic E-state index is 13.2. The van der Waals surface area contributed by atoms with Crippen LogP contribution in [-0.4, -0.2) is 28.4 Å². The molecule has 7 nitrogen and oxygen atoms in total. The summed E-state index contributed by atoms with van der Waals surface area (Å²) in [6.45, 7) is 1.64. The Bertz CT molecular complexity index is 1430. The van der Waals surface area contributed by atoms with Crippen molar-refractivity contribution in [2.24, 2.45) is 0 Å². The minimum absolute atomic E-state index is 0.0473. The van der Waals surface area contributed by atoms with Gasteiger partial charge in [-0.15, -0.1) is 0 Å². The molecule has 0 unspecified atom stereocenters. The molecule has 1 amide bonds. The first kappa shape index (κ1) is 22.2. The fourth-order valence-electron chi connectivity index (χ4n) is 3.46. The average molecular weight is 462 g/mol. The molecule has 0 aliphatic rings. The normalized spacial score (nSPS) is 10.8. The second-order valence-electron chi connectivity index (χ2n) is 7.44. The van der Waals surface area contributed by atoms with Crippen molar-refractivity contribution in [1.82, 2.24) is 9.55 Å². The topological polar surface area (TPSA) is 90.3 Å². The quantitative estimate of drug-likeness (QED) is 0.434. The van der Waals surface area contributed by atoms with Crippen LogP contribution < -0.4 is 15.5 Å². The molecule has 0 radical (unpaired) electrons. The van der Waals surface area contributed by atoms with E-state index in [4.69, 9.17) is 16.3 Å². The number of nitrogens with one attached hydrogen (secondary N) is 1. The third kappa shape index (κ3) is 4.78. The van der Waals surface area contributed by atoms with Crippen molar-refractivity contribution in [3.63, 3.8) is 0 Å². The number of anilines is 1. The molecule has 2 aromatic heterocycles. The number of hydrogen-bond acceptors (Lipinski definition) is 5. The van der Waals surface area contributed by atoms with Crippen molar-refractivity contribution >= 4 is 40.0 Å². The zero-order chi connectivity index (χ0) is 23.5. The van der Waals surface area contributed by atoms with E-state index in [0.717, 1.165) is 0 Å². The van der Waals surface area contributed by atoms with E-state index in [0.29, 0.717) is 33.4 Å². The number of fused-ring (bicyclic) bond motifs is 1. The summed E-state index contributed by atoms with van der Waals surface area (Å²) in [6.07, 6.45) is 1.39. The zero-order valence-corrected chi connectivity index (χ0v) is 18.7. The minimum Gasteiger partial charge on any atom is -0.497 e. The van der Waals surface area contributed by atoms with Gasteiger partial charge in [0.25, 0.3) is 0 Å². The van der Waals surface area contributed by atoms with E-state index in [1.54, 1.807) is 67.6 Å². The van der Waals surface area contributed by atoms with Gasteiger partial charge in [-0.2, -0.15) is 0 Å². The standard InChI is InChI=1S/C25H20ClN3O4/c1-15-6-11-20-24(32)21(23(31)16-7-9-19(33-2)10-8-16)13-29(25(20)27-15)14-22(30)28-18-5-3-4-17(26)12-18/h3-13H,14H2,1-2H3,(H,28,30). The first-order valence-corrected chi connectivity index (χ1v) is 10.5. The molecular weight excluding hydrogens is 442 g/mol. The number of aryl methyl sites for hydroxylation is 1. The molecule has 4 rings (SSSR count). The average Bonchev–Trinajstić information content (AvgIpc) is 2.80. The number of aromatic nitrogens is 2. The molecule has 0 aliphatic heterocycles. The first-order chi connectivity index (χ1) is 15.9. The summed E-state index contributed by atoms with van der Waals surface area (Å²) in [5.74, 6) is -0.206. The van der Waals surface area contributed by atoms with Gasteiger partial charge in [0.15, 0.2) is 5.78 Å². The van der Waals surface area contributed by atoms with Crippen LogP contribution in [0.5, 0.6) is 5.75 Å². The fourth-order valence-corrected chi connectivity index (χ4v) is 3.65.